The maximum Gasteiger partial charge on any atom is 0.280 e. The van der Waals surface area contributed by atoms with E-state index in [1.54, 1.807) is 24.3 Å². The minimum absolute atomic E-state index is 0.0119. The monoisotopic (exact) mass is 603 g/mol. The molecule has 41 heavy (non-hydrogen) atoms. The SMILES string of the molecule is CN(C)CCCOc1ccc2nc(NC(=O)/C(=N/O[C@@H]3CCOC3)c3ccc(S(=O)(=O)[C@H]4CCOC4)cc3)sc2n1. The lowest BCUT2D eigenvalue weighted by Crippen LogP contribution is -2.25. The predicted molar refractivity (Wildman–Crippen MR) is 154 cm³/mol. The molecule has 0 unspecified atom stereocenters. The van der Waals surface area contributed by atoms with Crippen LogP contribution < -0.4 is 10.1 Å². The molecule has 1 aromatic carbocycles. The Bertz CT molecular complexity index is 1480. The lowest BCUT2D eigenvalue weighted by atomic mass is 10.1. The zero-order valence-corrected chi connectivity index (χ0v) is 24.6. The van der Waals surface area contributed by atoms with Crippen molar-refractivity contribution in [3.8, 4) is 5.88 Å². The summed E-state index contributed by atoms with van der Waals surface area (Å²) in [5, 5.41) is 6.70. The third kappa shape index (κ3) is 7.38. The Morgan fingerprint density at radius 3 is 2.59 bits per heavy atom. The Labute approximate surface area is 242 Å². The summed E-state index contributed by atoms with van der Waals surface area (Å²) in [6, 6.07) is 9.60. The molecule has 2 saturated heterocycles. The molecule has 5 rings (SSSR count). The number of carbonyl (C=O) groups excluding carboxylic acids is 1. The number of thiazole rings is 1. The first-order valence-electron chi connectivity index (χ1n) is 13.4. The normalized spacial score (nSPS) is 19.6. The summed E-state index contributed by atoms with van der Waals surface area (Å²) in [5.74, 6) is -0.0608. The summed E-state index contributed by atoms with van der Waals surface area (Å²) in [6.45, 7) is 2.99. The number of carbonyl (C=O) groups is 1. The Kier molecular flexibility index (Phi) is 9.45. The van der Waals surface area contributed by atoms with Gasteiger partial charge in [-0.15, -0.1) is 0 Å². The van der Waals surface area contributed by atoms with E-state index in [4.69, 9.17) is 19.0 Å². The van der Waals surface area contributed by atoms with Gasteiger partial charge in [0.2, 0.25) is 5.88 Å². The van der Waals surface area contributed by atoms with Crippen LogP contribution in [0.4, 0.5) is 5.13 Å². The molecule has 0 spiro atoms. The fourth-order valence-corrected chi connectivity index (χ4v) is 6.76. The minimum Gasteiger partial charge on any atom is -0.478 e. The molecule has 1 amide bonds. The number of hydrogen-bond donors (Lipinski definition) is 1. The van der Waals surface area contributed by atoms with Gasteiger partial charge in [-0.05, 0) is 45.1 Å². The molecule has 0 saturated carbocycles. The quantitative estimate of drug-likeness (QED) is 0.187. The van der Waals surface area contributed by atoms with Crippen LogP contribution in [0.2, 0.25) is 0 Å². The van der Waals surface area contributed by atoms with Gasteiger partial charge in [-0.1, -0.05) is 28.6 Å². The van der Waals surface area contributed by atoms with E-state index in [1.165, 1.54) is 23.5 Å². The van der Waals surface area contributed by atoms with Gasteiger partial charge in [-0.3, -0.25) is 10.1 Å². The number of pyridine rings is 1. The van der Waals surface area contributed by atoms with E-state index in [-0.39, 0.29) is 23.3 Å². The molecule has 0 aliphatic carbocycles. The van der Waals surface area contributed by atoms with Crippen LogP contribution >= 0.6 is 11.3 Å². The van der Waals surface area contributed by atoms with Crippen LogP contribution in [0.5, 0.6) is 5.88 Å². The maximum atomic E-state index is 13.4. The van der Waals surface area contributed by atoms with E-state index in [2.05, 4.69) is 25.3 Å². The van der Waals surface area contributed by atoms with Crippen LogP contribution in [0.25, 0.3) is 10.3 Å². The van der Waals surface area contributed by atoms with Crippen LogP contribution in [-0.2, 0) is 28.9 Å². The van der Waals surface area contributed by atoms with Crippen LogP contribution in [0.3, 0.4) is 0 Å². The molecule has 0 bridgehead atoms. The molecule has 1 N–H and O–H groups in total. The van der Waals surface area contributed by atoms with E-state index in [9.17, 15) is 13.2 Å². The number of benzene rings is 1. The summed E-state index contributed by atoms with van der Waals surface area (Å²) in [5.41, 5.74) is 1.01. The number of ether oxygens (including phenoxy) is 3. The molecular formula is C27H33N5O7S2. The highest BCUT2D eigenvalue weighted by molar-refractivity contribution is 7.92. The van der Waals surface area contributed by atoms with Crippen molar-refractivity contribution in [2.45, 2.75) is 35.5 Å². The van der Waals surface area contributed by atoms with Crippen molar-refractivity contribution in [2.24, 2.45) is 5.16 Å². The van der Waals surface area contributed by atoms with Gasteiger partial charge < -0.3 is 23.9 Å². The van der Waals surface area contributed by atoms with Crippen molar-refractivity contribution >= 4 is 48.3 Å². The molecular weight excluding hydrogens is 570 g/mol. The highest BCUT2D eigenvalue weighted by Crippen LogP contribution is 2.27. The molecule has 2 aliphatic heterocycles. The van der Waals surface area contributed by atoms with Crippen molar-refractivity contribution in [1.82, 2.24) is 14.9 Å². The number of sulfone groups is 1. The first-order chi connectivity index (χ1) is 19.8. The zero-order chi connectivity index (χ0) is 28.8. The number of amides is 1. The molecule has 4 heterocycles. The van der Waals surface area contributed by atoms with Gasteiger partial charge in [0.25, 0.3) is 5.91 Å². The molecule has 220 valence electrons. The first-order valence-corrected chi connectivity index (χ1v) is 15.8. The van der Waals surface area contributed by atoms with E-state index >= 15 is 0 Å². The number of oxime groups is 1. The van der Waals surface area contributed by atoms with E-state index in [0.29, 0.717) is 66.2 Å². The smallest absolute Gasteiger partial charge is 0.280 e. The van der Waals surface area contributed by atoms with Crippen molar-refractivity contribution in [3.05, 3.63) is 42.0 Å². The number of nitrogens with zero attached hydrogens (tertiary/aromatic N) is 4. The molecule has 14 heteroatoms. The number of nitrogens with one attached hydrogen (secondary N) is 1. The largest absolute Gasteiger partial charge is 0.478 e. The Hall–Kier alpha value is -3.17. The van der Waals surface area contributed by atoms with Crippen molar-refractivity contribution in [3.63, 3.8) is 0 Å². The third-order valence-electron chi connectivity index (χ3n) is 6.63. The van der Waals surface area contributed by atoms with Gasteiger partial charge in [-0.2, -0.15) is 0 Å². The van der Waals surface area contributed by atoms with Crippen molar-refractivity contribution in [1.29, 1.82) is 0 Å². The number of hydrogen-bond acceptors (Lipinski definition) is 12. The Morgan fingerprint density at radius 2 is 1.88 bits per heavy atom. The van der Waals surface area contributed by atoms with Crippen molar-refractivity contribution in [2.75, 3.05) is 59.0 Å². The van der Waals surface area contributed by atoms with Gasteiger partial charge in [0.1, 0.15) is 10.3 Å². The number of aromatic nitrogens is 2. The molecule has 0 radical (unpaired) electrons. The standard InChI is InChI=1S/C27H33N5O7S2/c1-32(2)12-3-13-38-23-9-8-22-26(29-23)40-27(28-22)30-25(33)24(31-39-19-10-14-36-16-19)18-4-6-20(7-5-18)41(34,35)21-11-15-37-17-21/h4-9,19,21H,3,10-17H2,1-2H3,(H,28,30,33)/b31-24+/t19-,21+/m1/s1. The summed E-state index contributed by atoms with van der Waals surface area (Å²) >= 11 is 1.21. The minimum atomic E-state index is -3.55. The van der Waals surface area contributed by atoms with E-state index in [0.717, 1.165) is 13.0 Å². The second-order valence-electron chi connectivity index (χ2n) is 10.0. The van der Waals surface area contributed by atoms with E-state index in [1.807, 2.05) is 14.1 Å². The lowest BCUT2D eigenvalue weighted by molar-refractivity contribution is -0.110. The Morgan fingerprint density at radius 1 is 1.10 bits per heavy atom. The number of rotatable bonds is 12. The van der Waals surface area contributed by atoms with Crippen molar-refractivity contribution < 1.29 is 32.3 Å². The Balaban J connectivity index is 1.32. The van der Waals surface area contributed by atoms with Gasteiger partial charge in [0.05, 0.1) is 36.6 Å². The summed E-state index contributed by atoms with van der Waals surface area (Å²) in [7, 11) is 0.473. The summed E-state index contributed by atoms with van der Waals surface area (Å²) < 4.78 is 42.2. The molecule has 2 aliphatic rings. The average Bonchev–Trinajstić information content (AvgIpc) is 3.74. The van der Waals surface area contributed by atoms with Crippen LogP contribution in [-0.4, -0.2) is 99.9 Å². The maximum absolute atomic E-state index is 13.4. The molecule has 2 fully saturated rings. The van der Waals surface area contributed by atoms with Crippen LogP contribution in [0.15, 0.2) is 46.4 Å². The number of fused-ring (bicyclic) bond motifs is 1. The van der Waals surface area contributed by atoms with Gasteiger partial charge >= 0.3 is 0 Å². The topological polar surface area (TPSA) is 142 Å². The third-order valence-corrected chi connectivity index (χ3v) is 9.69. The molecule has 2 aromatic heterocycles. The van der Waals surface area contributed by atoms with Gasteiger partial charge in [-0.25, -0.2) is 18.4 Å². The second-order valence-corrected chi connectivity index (χ2v) is 13.2. The highest BCUT2D eigenvalue weighted by Gasteiger charge is 2.31. The average molecular weight is 604 g/mol. The fourth-order valence-electron chi connectivity index (χ4n) is 4.35. The van der Waals surface area contributed by atoms with E-state index < -0.39 is 21.0 Å². The molecule has 12 nitrogen and oxygen atoms in total. The summed E-state index contributed by atoms with van der Waals surface area (Å²) in [4.78, 5) is 30.9. The van der Waals surface area contributed by atoms with Gasteiger partial charge in [0, 0.05) is 31.2 Å². The first kappa shape index (κ1) is 29.3. The number of anilines is 1. The fraction of sp³-hybridized carbons (Fsp3) is 0.481. The zero-order valence-electron chi connectivity index (χ0n) is 22.9. The van der Waals surface area contributed by atoms with Gasteiger partial charge in [0.15, 0.2) is 26.8 Å². The van der Waals surface area contributed by atoms with Crippen LogP contribution in [0, 0.1) is 0 Å². The second kappa shape index (κ2) is 13.2. The van der Waals surface area contributed by atoms with Crippen LogP contribution in [0.1, 0.15) is 24.8 Å². The molecule has 3 aromatic rings. The predicted octanol–water partition coefficient (Wildman–Crippen LogP) is 2.73. The molecule has 2 atom stereocenters. The summed E-state index contributed by atoms with van der Waals surface area (Å²) in [6.07, 6.45) is 1.71. The highest BCUT2D eigenvalue weighted by atomic mass is 32.2. The lowest BCUT2D eigenvalue weighted by Gasteiger charge is -2.12.